The Balaban J connectivity index is 2.03. The molecule has 1 heterocycles. The van der Waals surface area contributed by atoms with E-state index < -0.39 is 16.1 Å². The molecule has 0 spiro atoms. The van der Waals surface area contributed by atoms with E-state index in [-0.39, 0.29) is 16.6 Å². The number of benzene rings is 1. The van der Waals surface area contributed by atoms with Crippen molar-refractivity contribution in [3.63, 3.8) is 0 Å². The first-order valence-electron chi connectivity index (χ1n) is 7.44. The van der Waals surface area contributed by atoms with Crippen LogP contribution in [-0.2, 0) is 14.8 Å². The highest BCUT2D eigenvalue weighted by molar-refractivity contribution is 7.90. The number of carbonyl (C=O) groups excluding carboxylic acids is 1. The van der Waals surface area contributed by atoms with Crippen molar-refractivity contribution in [3.05, 3.63) is 29.8 Å². The Morgan fingerprint density at radius 1 is 1.35 bits per heavy atom. The van der Waals surface area contributed by atoms with E-state index in [1.54, 1.807) is 25.1 Å². The van der Waals surface area contributed by atoms with Gasteiger partial charge < -0.3 is 10.2 Å². The van der Waals surface area contributed by atoms with Gasteiger partial charge in [-0.3, -0.25) is 14.5 Å². The fourth-order valence-corrected chi connectivity index (χ4v) is 3.48. The van der Waals surface area contributed by atoms with Gasteiger partial charge in [0.25, 0.3) is 10.0 Å². The van der Waals surface area contributed by atoms with Gasteiger partial charge in [0.15, 0.2) is 0 Å². The predicted molar refractivity (Wildman–Crippen MR) is 88.9 cm³/mol. The summed E-state index contributed by atoms with van der Waals surface area (Å²) in [6.07, 6.45) is 0.845. The lowest BCUT2D eigenvalue weighted by Crippen LogP contribution is -2.35. The molecule has 1 amide bonds. The molecule has 0 fully saturated rings. The Labute approximate surface area is 136 Å². The second-order valence-corrected chi connectivity index (χ2v) is 7.35. The molecule has 126 valence electrons. The molecular weight excluding hydrogens is 316 g/mol. The van der Waals surface area contributed by atoms with Gasteiger partial charge in [0, 0.05) is 12.1 Å². The smallest absolute Gasteiger partial charge is 0.263 e. The van der Waals surface area contributed by atoms with Crippen molar-refractivity contribution in [2.75, 3.05) is 27.2 Å². The third-order valence-corrected chi connectivity index (χ3v) is 4.84. The second-order valence-electron chi connectivity index (χ2n) is 5.70. The number of sulfonamides is 1. The van der Waals surface area contributed by atoms with Crippen molar-refractivity contribution >= 4 is 21.8 Å². The Bertz CT molecular complexity index is 713. The predicted octanol–water partition coefficient (Wildman–Crippen LogP) is 0.182. The molecule has 1 atom stereocenters. The standard InChI is InChI=1S/C15H22N4O3S/c1-11(15(20)16-9-6-10-19(2)3)17-14-12-7-4-5-8-13(12)23(21,22)18-14/h4-5,7-8,11H,6,9-10H2,1-3H3,(H,16,20)(H,17,18)/t11-/m0/s1. The summed E-state index contributed by atoms with van der Waals surface area (Å²) in [4.78, 5) is 18.5. The van der Waals surface area contributed by atoms with Crippen LogP contribution < -0.4 is 10.0 Å². The van der Waals surface area contributed by atoms with Gasteiger partial charge in [-0.1, -0.05) is 12.1 Å². The van der Waals surface area contributed by atoms with Crippen LogP contribution in [-0.4, -0.2) is 58.3 Å². The van der Waals surface area contributed by atoms with Gasteiger partial charge in [-0.15, -0.1) is 0 Å². The number of carbonyl (C=O) groups is 1. The van der Waals surface area contributed by atoms with Crippen molar-refractivity contribution in [1.82, 2.24) is 14.9 Å². The summed E-state index contributed by atoms with van der Waals surface area (Å²) in [7, 11) is 0.370. The van der Waals surface area contributed by atoms with Crippen LogP contribution >= 0.6 is 0 Å². The molecule has 0 aromatic heterocycles. The quantitative estimate of drug-likeness (QED) is 0.724. The molecule has 1 aromatic carbocycles. The van der Waals surface area contributed by atoms with E-state index in [0.717, 1.165) is 13.0 Å². The number of aliphatic imine (C=N–C) groups is 1. The van der Waals surface area contributed by atoms with Crippen LogP contribution in [0.3, 0.4) is 0 Å². The van der Waals surface area contributed by atoms with Crippen LogP contribution in [0.25, 0.3) is 0 Å². The molecule has 1 aromatic rings. The molecular formula is C15H22N4O3S. The van der Waals surface area contributed by atoms with Gasteiger partial charge in [0.05, 0.1) is 4.90 Å². The third-order valence-electron chi connectivity index (χ3n) is 3.45. The highest BCUT2D eigenvalue weighted by Gasteiger charge is 2.31. The highest BCUT2D eigenvalue weighted by Crippen LogP contribution is 2.22. The maximum Gasteiger partial charge on any atom is 0.263 e. The summed E-state index contributed by atoms with van der Waals surface area (Å²) in [5.41, 5.74) is 0.500. The van der Waals surface area contributed by atoms with E-state index in [2.05, 4.69) is 15.0 Å². The van der Waals surface area contributed by atoms with E-state index in [1.807, 2.05) is 19.0 Å². The molecule has 23 heavy (non-hydrogen) atoms. The summed E-state index contributed by atoms with van der Waals surface area (Å²) in [5, 5.41) is 2.81. The Morgan fingerprint density at radius 2 is 2.04 bits per heavy atom. The van der Waals surface area contributed by atoms with Crippen molar-refractivity contribution in [2.45, 2.75) is 24.3 Å². The zero-order valence-corrected chi connectivity index (χ0v) is 14.4. The molecule has 0 saturated carbocycles. The largest absolute Gasteiger partial charge is 0.354 e. The number of nitrogens with one attached hydrogen (secondary N) is 2. The highest BCUT2D eigenvalue weighted by atomic mass is 32.2. The van der Waals surface area contributed by atoms with Gasteiger partial charge >= 0.3 is 0 Å². The molecule has 0 saturated heterocycles. The van der Waals surface area contributed by atoms with Gasteiger partial charge in [-0.2, -0.15) is 0 Å². The Hall–Kier alpha value is -1.93. The number of amides is 1. The number of amidine groups is 1. The molecule has 7 nitrogen and oxygen atoms in total. The Kier molecular flexibility index (Phi) is 5.38. The number of nitrogens with zero attached hydrogens (tertiary/aromatic N) is 2. The van der Waals surface area contributed by atoms with E-state index in [0.29, 0.717) is 12.1 Å². The van der Waals surface area contributed by atoms with Crippen LogP contribution in [0.4, 0.5) is 0 Å². The average molecular weight is 338 g/mol. The first-order valence-corrected chi connectivity index (χ1v) is 8.92. The van der Waals surface area contributed by atoms with Gasteiger partial charge in [-0.25, -0.2) is 8.42 Å². The monoisotopic (exact) mass is 338 g/mol. The second kappa shape index (κ2) is 7.10. The fraction of sp³-hybridized carbons (Fsp3) is 0.467. The minimum atomic E-state index is -3.57. The Morgan fingerprint density at radius 3 is 2.74 bits per heavy atom. The molecule has 2 N–H and O–H groups in total. The fourth-order valence-electron chi connectivity index (χ4n) is 2.24. The van der Waals surface area contributed by atoms with Crippen molar-refractivity contribution < 1.29 is 13.2 Å². The SMILES string of the molecule is C[C@H](N=C1NS(=O)(=O)c2ccccc21)C(=O)NCCCN(C)C. The first-order chi connectivity index (χ1) is 10.8. The molecule has 8 heteroatoms. The zero-order valence-electron chi connectivity index (χ0n) is 13.5. The van der Waals surface area contributed by atoms with Gasteiger partial charge in [0.2, 0.25) is 5.91 Å². The lowest BCUT2D eigenvalue weighted by atomic mass is 10.2. The molecule has 0 aliphatic carbocycles. The van der Waals surface area contributed by atoms with Crippen molar-refractivity contribution in [2.24, 2.45) is 4.99 Å². The normalized spacial score (nSPS) is 18.5. The van der Waals surface area contributed by atoms with E-state index in [9.17, 15) is 13.2 Å². The van der Waals surface area contributed by atoms with Gasteiger partial charge in [0.1, 0.15) is 11.9 Å². The minimum absolute atomic E-state index is 0.192. The van der Waals surface area contributed by atoms with E-state index >= 15 is 0 Å². The topological polar surface area (TPSA) is 90.9 Å². The summed E-state index contributed by atoms with van der Waals surface area (Å²) in [6, 6.07) is 5.92. The number of hydrogen-bond donors (Lipinski definition) is 2. The van der Waals surface area contributed by atoms with Crippen LogP contribution in [0, 0.1) is 0 Å². The summed E-state index contributed by atoms with van der Waals surface area (Å²) in [5.74, 6) is -0.00335. The lowest BCUT2D eigenvalue weighted by molar-refractivity contribution is -0.121. The number of hydrogen-bond acceptors (Lipinski definition) is 5. The third kappa shape index (κ3) is 4.29. The van der Waals surface area contributed by atoms with Crippen molar-refractivity contribution in [1.29, 1.82) is 0 Å². The minimum Gasteiger partial charge on any atom is -0.354 e. The number of fused-ring (bicyclic) bond motifs is 1. The van der Waals surface area contributed by atoms with Crippen molar-refractivity contribution in [3.8, 4) is 0 Å². The maximum atomic E-state index is 12.0. The number of rotatable bonds is 6. The van der Waals surface area contributed by atoms with Crippen LogP contribution in [0.15, 0.2) is 34.2 Å². The molecule has 1 aliphatic heterocycles. The molecule has 0 bridgehead atoms. The maximum absolute atomic E-state index is 12.0. The zero-order chi connectivity index (χ0) is 17.0. The summed E-state index contributed by atoms with van der Waals surface area (Å²) >= 11 is 0. The molecule has 0 radical (unpaired) electrons. The van der Waals surface area contributed by atoms with E-state index in [1.165, 1.54) is 6.07 Å². The lowest BCUT2D eigenvalue weighted by Gasteiger charge is -2.12. The summed E-state index contributed by atoms with van der Waals surface area (Å²) in [6.45, 7) is 3.09. The van der Waals surface area contributed by atoms with Crippen LogP contribution in [0.5, 0.6) is 0 Å². The average Bonchev–Trinajstić information content (AvgIpc) is 2.75. The summed E-state index contributed by atoms with van der Waals surface area (Å²) < 4.78 is 26.4. The first kappa shape index (κ1) is 17.4. The van der Waals surface area contributed by atoms with Crippen LogP contribution in [0.2, 0.25) is 0 Å². The van der Waals surface area contributed by atoms with Gasteiger partial charge in [-0.05, 0) is 46.1 Å². The van der Waals surface area contributed by atoms with Crippen LogP contribution in [0.1, 0.15) is 18.9 Å². The van der Waals surface area contributed by atoms with E-state index in [4.69, 9.17) is 0 Å². The molecule has 0 unspecified atom stereocenters. The molecule has 1 aliphatic rings. The molecule has 2 rings (SSSR count).